The van der Waals surface area contributed by atoms with Crippen LogP contribution in [-0.2, 0) is 19.1 Å². The van der Waals surface area contributed by atoms with Crippen molar-refractivity contribution >= 4 is 17.8 Å². The summed E-state index contributed by atoms with van der Waals surface area (Å²) in [5.41, 5.74) is 5.72. The van der Waals surface area contributed by atoms with Crippen molar-refractivity contribution in [3.8, 4) is 0 Å². The van der Waals surface area contributed by atoms with Gasteiger partial charge in [0.1, 0.15) is 6.04 Å². The molecule has 0 radical (unpaired) electrons. The number of ether oxygens (including phenoxy) is 1. The van der Waals surface area contributed by atoms with Crippen LogP contribution in [0, 0.1) is 11.8 Å². The van der Waals surface area contributed by atoms with Crippen molar-refractivity contribution < 1.29 is 19.1 Å². The Kier molecular flexibility index (Phi) is 9.40. The molecular formula is C15H29N3O4. The van der Waals surface area contributed by atoms with Crippen LogP contribution in [0.2, 0.25) is 0 Å². The van der Waals surface area contributed by atoms with Crippen LogP contribution in [0.25, 0.3) is 0 Å². The molecule has 4 N–H and O–H groups in total. The predicted octanol–water partition coefficient (Wildman–Crippen LogP) is 0.180. The van der Waals surface area contributed by atoms with Gasteiger partial charge in [-0.25, -0.2) is 4.79 Å². The van der Waals surface area contributed by atoms with E-state index in [4.69, 9.17) is 5.73 Å². The van der Waals surface area contributed by atoms with Gasteiger partial charge in [0.2, 0.25) is 11.8 Å². The van der Waals surface area contributed by atoms with Gasteiger partial charge in [0.15, 0.2) is 0 Å². The third kappa shape index (κ3) is 8.61. The first kappa shape index (κ1) is 20.4. The minimum absolute atomic E-state index is 0.212. The molecule has 0 heterocycles. The van der Waals surface area contributed by atoms with E-state index in [-0.39, 0.29) is 18.4 Å². The lowest BCUT2D eigenvalue weighted by molar-refractivity contribution is -0.145. The Balaban J connectivity index is 4.35. The molecule has 0 aromatic carbocycles. The van der Waals surface area contributed by atoms with Crippen LogP contribution >= 0.6 is 0 Å². The van der Waals surface area contributed by atoms with Crippen LogP contribution in [0.1, 0.15) is 40.5 Å². The number of hydrogen-bond acceptors (Lipinski definition) is 5. The van der Waals surface area contributed by atoms with Gasteiger partial charge >= 0.3 is 5.97 Å². The summed E-state index contributed by atoms with van der Waals surface area (Å²) >= 11 is 0. The minimum atomic E-state index is -0.710. The van der Waals surface area contributed by atoms with Gasteiger partial charge in [0.25, 0.3) is 0 Å². The molecule has 0 saturated carbocycles. The van der Waals surface area contributed by atoms with Crippen LogP contribution in [0.15, 0.2) is 0 Å². The maximum Gasteiger partial charge on any atom is 0.328 e. The number of nitrogens with one attached hydrogen (secondary N) is 2. The molecule has 0 bridgehead atoms. The summed E-state index contributed by atoms with van der Waals surface area (Å²) in [5.74, 6) is -0.795. The molecule has 0 saturated heterocycles. The summed E-state index contributed by atoms with van der Waals surface area (Å²) in [7, 11) is 1.27. The topological polar surface area (TPSA) is 111 Å². The average molecular weight is 315 g/mol. The first-order chi connectivity index (χ1) is 10.2. The van der Waals surface area contributed by atoms with Crippen molar-refractivity contribution in [2.45, 2.75) is 52.6 Å². The number of carbonyl (C=O) groups excluding carboxylic acids is 3. The number of nitrogens with two attached hydrogens (primary N) is 1. The van der Waals surface area contributed by atoms with Gasteiger partial charge in [0, 0.05) is 0 Å². The lowest BCUT2D eigenvalue weighted by Gasteiger charge is -2.19. The number of esters is 1. The van der Waals surface area contributed by atoms with Crippen LogP contribution in [0.4, 0.5) is 0 Å². The van der Waals surface area contributed by atoms with Crippen molar-refractivity contribution in [2.24, 2.45) is 17.6 Å². The standard InChI is InChI=1S/C15H29N3O4/c1-9(2)6-11(16)14(20)17-8-13(19)18-12(7-10(3)4)15(21)22-5/h9-12H,6-8,16H2,1-5H3,(H,17,20)(H,18,19)/t11-,12-/m0/s1. The highest BCUT2D eigenvalue weighted by Crippen LogP contribution is 2.06. The molecule has 0 aliphatic rings. The van der Waals surface area contributed by atoms with Gasteiger partial charge < -0.3 is 21.1 Å². The number of hydrogen-bond donors (Lipinski definition) is 3. The molecule has 0 aliphatic heterocycles. The molecule has 0 aromatic rings. The second-order valence-electron chi connectivity index (χ2n) is 6.23. The van der Waals surface area contributed by atoms with E-state index in [9.17, 15) is 14.4 Å². The van der Waals surface area contributed by atoms with Gasteiger partial charge in [-0.1, -0.05) is 27.7 Å². The fourth-order valence-electron chi connectivity index (χ4n) is 1.99. The molecular weight excluding hydrogens is 286 g/mol. The Hall–Kier alpha value is -1.63. The quantitative estimate of drug-likeness (QED) is 0.526. The van der Waals surface area contributed by atoms with Crippen LogP contribution in [0.3, 0.4) is 0 Å². The minimum Gasteiger partial charge on any atom is -0.467 e. The fraction of sp³-hybridized carbons (Fsp3) is 0.800. The zero-order valence-electron chi connectivity index (χ0n) is 14.1. The summed E-state index contributed by atoms with van der Waals surface area (Å²) in [6.07, 6.45) is 1.02. The molecule has 0 spiro atoms. The van der Waals surface area contributed by atoms with Crippen LogP contribution < -0.4 is 16.4 Å². The Bertz CT molecular complexity index is 383. The van der Waals surface area contributed by atoms with E-state index in [0.29, 0.717) is 18.8 Å². The highest BCUT2D eigenvalue weighted by molar-refractivity contribution is 5.89. The zero-order valence-corrected chi connectivity index (χ0v) is 14.1. The molecule has 0 fully saturated rings. The molecule has 0 unspecified atom stereocenters. The van der Waals surface area contributed by atoms with E-state index in [1.165, 1.54) is 7.11 Å². The van der Waals surface area contributed by atoms with Gasteiger partial charge in [-0.3, -0.25) is 9.59 Å². The molecule has 7 heteroatoms. The van der Waals surface area contributed by atoms with Crippen molar-refractivity contribution in [3.05, 3.63) is 0 Å². The molecule has 0 aromatic heterocycles. The van der Waals surface area contributed by atoms with Gasteiger partial charge in [-0.05, 0) is 24.7 Å². The van der Waals surface area contributed by atoms with E-state index in [1.807, 2.05) is 27.7 Å². The fourth-order valence-corrected chi connectivity index (χ4v) is 1.99. The van der Waals surface area contributed by atoms with Crippen molar-refractivity contribution in [2.75, 3.05) is 13.7 Å². The normalized spacial score (nSPS) is 13.6. The Morgan fingerprint density at radius 1 is 1.05 bits per heavy atom. The lowest BCUT2D eigenvalue weighted by Crippen LogP contribution is -2.49. The first-order valence-corrected chi connectivity index (χ1v) is 7.57. The van der Waals surface area contributed by atoms with E-state index >= 15 is 0 Å². The summed E-state index contributed by atoms with van der Waals surface area (Å²) in [5, 5.41) is 5.04. The number of carbonyl (C=O) groups is 3. The second kappa shape index (κ2) is 10.2. The SMILES string of the molecule is COC(=O)[C@H](CC(C)C)NC(=O)CNC(=O)[C@@H](N)CC(C)C. The first-order valence-electron chi connectivity index (χ1n) is 7.57. The predicted molar refractivity (Wildman–Crippen MR) is 83.8 cm³/mol. The molecule has 2 amide bonds. The van der Waals surface area contributed by atoms with E-state index in [2.05, 4.69) is 15.4 Å². The third-order valence-corrected chi connectivity index (χ3v) is 3.01. The number of methoxy groups -OCH3 is 1. The summed E-state index contributed by atoms with van der Waals surface area (Å²) in [6.45, 7) is 7.60. The molecule has 22 heavy (non-hydrogen) atoms. The number of amides is 2. The highest BCUT2D eigenvalue weighted by atomic mass is 16.5. The monoisotopic (exact) mass is 315 g/mol. The van der Waals surface area contributed by atoms with Gasteiger partial charge in [0.05, 0.1) is 19.7 Å². The maximum absolute atomic E-state index is 11.8. The second-order valence-corrected chi connectivity index (χ2v) is 6.23. The van der Waals surface area contributed by atoms with Gasteiger partial charge in [-0.15, -0.1) is 0 Å². The van der Waals surface area contributed by atoms with E-state index in [1.54, 1.807) is 0 Å². The van der Waals surface area contributed by atoms with Crippen molar-refractivity contribution in [1.29, 1.82) is 0 Å². The van der Waals surface area contributed by atoms with Gasteiger partial charge in [-0.2, -0.15) is 0 Å². The van der Waals surface area contributed by atoms with E-state index in [0.717, 1.165) is 0 Å². The van der Waals surface area contributed by atoms with Crippen LogP contribution in [-0.4, -0.2) is 43.5 Å². The Labute approximate surface area is 132 Å². The molecule has 2 atom stereocenters. The molecule has 0 rings (SSSR count). The zero-order chi connectivity index (χ0) is 17.3. The molecule has 7 nitrogen and oxygen atoms in total. The third-order valence-electron chi connectivity index (χ3n) is 3.01. The Morgan fingerprint density at radius 3 is 2.05 bits per heavy atom. The highest BCUT2D eigenvalue weighted by Gasteiger charge is 2.23. The lowest BCUT2D eigenvalue weighted by atomic mass is 10.0. The smallest absolute Gasteiger partial charge is 0.328 e. The van der Waals surface area contributed by atoms with Crippen molar-refractivity contribution in [3.63, 3.8) is 0 Å². The summed E-state index contributed by atoms with van der Waals surface area (Å²) in [6, 6.07) is -1.35. The Morgan fingerprint density at radius 2 is 1.59 bits per heavy atom. The largest absolute Gasteiger partial charge is 0.467 e. The summed E-state index contributed by atoms with van der Waals surface area (Å²) in [4.78, 5) is 35.2. The average Bonchev–Trinajstić information content (AvgIpc) is 2.41. The number of rotatable bonds is 9. The maximum atomic E-state index is 11.8. The van der Waals surface area contributed by atoms with E-state index < -0.39 is 24.0 Å². The van der Waals surface area contributed by atoms with Crippen LogP contribution in [0.5, 0.6) is 0 Å². The molecule has 0 aliphatic carbocycles. The molecule has 128 valence electrons. The summed E-state index contributed by atoms with van der Waals surface area (Å²) < 4.78 is 4.66. The van der Waals surface area contributed by atoms with Crippen molar-refractivity contribution in [1.82, 2.24) is 10.6 Å².